The summed E-state index contributed by atoms with van der Waals surface area (Å²) in [5.41, 5.74) is 0.738. The highest BCUT2D eigenvalue weighted by Crippen LogP contribution is 2.40. The highest BCUT2D eigenvalue weighted by atomic mass is 19.4. The van der Waals surface area contributed by atoms with Crippen molar-refractivity contribution in [3.05, 3.63) is 35.9 Å². The van der Waals surface area contributed by atoms with Crippen LogP contribution in [-0.2, 0) is 20.8 Å². The first-order chi connectivity index (χ1) is 13.2. The fourth-order valence-corrected chi connectivity index (χ4v) is 1.73. The van der Waals surface area contributed by atoms with Crippen molar-refractivity contribution in [1.29, 1.82) is 0 Å². The quantitative estimate of drug-likeness (QED) is 0.495. The molecular formula is C16H17F9O4. The molecule has 1 aromatic rings. The van der Waals surface area contributed by atoms with E-state index in [1.165, 1.54) is 0 Å². The van der Waals surface area contributed by atoms with E-state index in [0.717, 1.165) is 5.56 Å². The molecule has 168 valence electrons. The van der Waals surface area contributed by atoms with Crippen LogP contribution in [0.3, 0.4) is 0 Å². The van der Waals surface area contributed by atoms with Crippen LogP contribution >= 0.6 is 0 Å². The number of halogens is 9. The number of hydrogen-bond donors (Lipinski definition) is 1. The average molecular weight is 444 g/mol. The van der Waals surface area contributed by atoms with Gasteiger partial charge in [0, 0.05) is 0 Å². The summed E-state index contributed by atoms with van der Waals surface area (Å²) in [6.07, 6.45) is -13.9. The van der Waals surface area contributed by atoms with Crippen molar-refractivity contribution in [2.24, 2.45) is 0 Å². The van der Waals surface area contributed by atoms with Crippen molar-refractivity contribution in [2.45, 2.75) is 36.8 Å². The van der Waals surface area contributed by atoms with Crippen molar-refractivity contribution in [3.63, 3.8) is 0 Å². The zero-order chi connectivity index (χ0) is 22.3. The van der Waals surface area contributed by atoms with Crippen LogP contribution in [0.25, 0.3) is 0 Å². The first-order valence-corrected chi connectivity index (χ1v) is 7.89. The molecule has 0 saturated heterocycles. The molecule has 1 atom stereocenters. The maximum atomic E-state index is 13.4. The molecule has 4 nitrogen and oxygen atoms in total. The fraction of sp³-hybridized carbons (Fsp3) is 0.625. The third-order valence-corrected chi connectivity index (χ3v) is 3.32. The van der Waals surface area contributed by atoms with Gasteiger partial charge in [0.2, 0.25) is 0 Å². The molecule has 0 aliphatic carbocycles. The summed E-state index contributed by atoms with van der Waals surface area (Å²) in [5, 5.41) is 9.50. The standard InChI is InChI=1S/C16H17F9O4/c17-13(18,14(19,20)10-29-16(24,25)15(21,22)23)9-28-8-12(26)7-27-6-11-4-2-1-3-5-11/h1-5,12,26H,6-10H2. The van der Waals surface area contributed by atoms with Gasteiger partial charge in [-0.25, -0.2) is 0 Å². The molecule has 0 spiro atoms. The largest absolute Gasteiger partial charge is 0.482 e. The second-order valence-corrected chi connectivity index (χ2v) is 5.88. The van der Waals surface area contributed by atoms with Crippen LogP contribution < -0.4 is 0 Å². The molecule has 1 unspecified atom stereocenters. The fourth-order valence-electron chi connectivity index (χ4n) is 1.73. The number of aliphatic hydroxyl groups is 1. The molecule has 0 aliphatic rings. The van der Waals surface area contributed by atoms with Crippen LogP contribution in [0, 0.1) is 0 Å². The number of ether oxygens (including phenoxy) is 3. The zero-order valence-electron chi connectivity index (χ0n) is 14.6. The normalized spacial score (nSPS) is 14.8. The van der Waals surface area contributed by atoms with Gasteiger partial charge < -0.3 is 19.3 Å². The van der Waals surface area contributed by atoms with Gasteiger partial charge in [-0.05, 0) is 5.56 Å². The lowest BCUT2D eigenvalue weighted by Crippen LogP contribution is -2.51. The summed E-state index contributed by atoms with van der Waals surface area (Å²) >= 11 is 0. The molecule has 29 heavy (non-hydrogen) atoms. The Balaban J connectivity index is 2.40. The van der Waals surface area contributed by atoms with Crippen molar-refractivity contribution in [3.8, 4) is 0 Å². The lowest BCUT2D eigenvalue weighted by Gasteiger charge is -2.28. The molecule has 1 N–H and O–H groups in total. The van der Waals surface area contributed by atoms with E-state index in [2.05, 4.69) is 9.47 Å². The number of hydrogen-bond acceptors (Lipinski definition) is 4. The first kappa shape index (κ1) is 25.5. The Hall–Kier alpha value is -1.57. The average Bonchev–Trinajstić information content (AvgIpc) is 2.60. The Morgan fingerprint density at radius 2 is 1.28 bits per heavy atom. The summed E-state index contributed by atoms with van der Waals surface area (Å²) in [6, 6.07) is 8.59. The minimum absolute atomic E-state index is 0.0664. The van der Waals surface area contributed by atoms with Gasteiger partial charge in [-0.1, -0.05) is 30.3 Å². The monoisotopic (exact) mass is 444 g/mol. The third-order valence-electron chi connectivity index (χ3n) is 3.32. The summed E-state index contributed by atoms with van der Waals surface area (Å²) in [7, 11) is 0. The molecule has 0 radical (unpaired) electrons. The Kier molecular flexibility index (Phi) is 8.74. The number of benzene rings is 1. The van der Waals surface area contributed by atoms with Crippen LogP contribution in [0.2, 0.25) is 0 Å². The molecule has 0 fully saturated rings. The van der Waals surface area contributed by atoms with E-state index in [9.17, 15) is 44.6 Å². The SMILES string of the molecule is OC(COCc1ccccc1)COCC(F)(F)C(F)(F)COC(F)(F)C(F)(F)F. The van der Waals surface area contributed by atoms with E-state index >= 15 is 0 Å². The van der Waals surface area contributed by atoms with Gasteiger partial charge in [0.05, 0.1) is 19.8 Å². The van der Waals surface area contributed by atoms with Crippen molar-refractivity contribution >= 4 is 0 Å². The van der Waals surface area contributed by atoms with E-state index < -0.39 is 56.7 Å². The second kappa shape index (κ2) is 9.96. The van der Waals surface area contributed by atoms with Crippen molar-refractivity contribution < 1.29 is 58.8 Å². The van der Waals surface area contributed by atoms with Crippen LogP contribution in [0.1, 0.15) is 5.56 Å². The molecule has 0 heterocycles. The summed E-state index contributed by atoms with van der Waals surface area (Å²) in [4.78, 5) is 0. The highest BCUT2D eigenvalue weighted by Gasteiger charge is 2.63. The number of rotatable bonds is 12. The summed E-state index contributed by atoms with van der Waals surface area (Å²) in [5.74, 6) is -10.5. The Morgan fingerprint density at radius 3 is 1.83 bits per heavy atom. The maximum absolute atomic E-state index is 13.4. The van der Waals surface area contributed by atoms with E-state index in [4.69, 9.17) is 4.74 Å². The topological polar surface area (TPSA) is 47.9 Å². The van der Waals surface area contributed by atoms with Crippen LogP contribution in [0.15, 0.2) is 30.3 Å². The van der Waals surface area contributed by atoms with Gasteiger partial charge >= 0.3 is 24.1 Å². The predicted molar refractivity (Wildman–Crippen MR) is 79.8 cm³/mol. The van der Waals surface area contributed by atoms with Crippen LogP contribution in [0.5, 0.6) is 0 Å². The molecule has 0 saturated carbocycles. The summed E-state index contributed by atoms with van der Waals surface area (Å²) in [6.45, 7) is -6.16. The Morgan fingerprint density at radius 1 is 0.759 bits per heavy atom. The van der Waals surface area contributed by atoms with Crippen LogP contribution in [0.4, 0.5) is 39.5 Å². The van der Waals surface area contributed by atoms with E-state index in [0.29, 0.717) is 0 Å². The molecule has 0 amide bonds. The minimum atomic E-state index is -6.35. The van der Waals surface area contributed by atoms with E-state index in [-0.39, 0.29) is 6.61 Å². The van der Waals surface area contributed by atoms with Gasteiger partial charge in [-0.15, -0.1) is 0 Å². The summed E-state index contributed by atoms with van der Waals surface area (Å²) < 4.78 is 126. The predicted octanol–water partition coefficient (Wildman–Crippen LogP) is 4.02. The molecule has 13 heteroatoms. The molecule has 0 aliphatic heterocycles. The molecule has 1 rings (SSSR count). The van der Waals surface area contributed by atoms with E-state index in [1.54, 1.807) is 30.3 Å². The molecule has 0 bridgehead atoms. The van der Waals surface area contributed by atoms with Crippen molar-refractivity contribution in [1.82, 2.24) is 0 Å². The Labute approximate surface area is 159 Å². The molecule has 1 aromatic carbocycles. The lowest BCUT2D eigenvalue weighted by molar-refractivity contribution is -0.406. The van der Waals surface area contributed by atoms with Gasteiger partial charge in [-0.2, -0.15) is 39.5 Å². The zero-order valence-corrected chi connectivity index (χ0v) is 14.6. The minimum Gasteiger partial charge on any atom is -0.388 e. The van der Waals surface area contributed by atoms with Gasteiger partial charge in [0.1, 0.15) is 19.3 Å². The highest BCUT2D eigenvalue weighted by molar-refractivity contribution is 5.13. The van der Waals surface area contributed by atoms with Crippen LogP contribution in [-0.4, -0.2) is 61.8 Å². The molecule has 0 aromatic heterocycles. The van der Waals surface area contributed by atoms with Gasteiger partial charge in [0.15, 0.2) is 0 Å². The number of aliphatic hydroxyl groups excluding tert-OH is 1. The number of alkyl halides is 9. The smallest absolute Gasteiger partial charge is 0.388 e. The van der Waals surface area contributed by atoms with Gasteiger partial charge in [0.25, 0.3) is 0 Å². The second-order valence-electron chi connectivity index (χ2n) is 5.88. The lowest BCUT2D eigenvalue weighted by atomic mass is 10.2. The molecular weight excluding hydrogens is 427 g/mol. The van der Waals surface area contributed by atoms with E-state index in [1.807, 2.05) is 0 Å². The van der Waals surface area contributed by atoms with Crippen molar-refractivity contribution in [2.75, 3.05) is 26.4 Å². The maximum Gasteiger partial charge on any atom is 0.482 e. The third kappa shape index (κ3) is 7.99. The Bertz CT molecular complexity index is 608. The first-order valence-electron chi connectivity index (χ1n) is 7.89. The van der Waals surface area contributed by atoms with Gasteiger partial charge in [-0.3, -0.25) is 0 Å².